The van der Waals surface area contributed by atoms with Gasteiger partial charge in [-0.1, -0.05) is 26.5 Å². The van der Waals surface area contributed by atoms with Crippen LogP contribution in [-0.4, -0.2) is 41.7 Å². The van der Waals surface area contributed by atoms with E-state index >= 15 is 0 Å². The van der Waals surface area contributed by atoms with E-state index in [0.717, 1.165) is 30.9 Å². The summed E-state index contributed by atoms with van der Waals surface area (Å²) in [5.74, 6) is 2.12. The minimum atomic E-state index is -0.283. The maximum Gasteiger partial charge on any atom is 0.247 e. The number of hydrogen-bond acceptors (Lipinski definition) is 6. The van der Waals surface area contributed by atoms with Gasteiger partial charge in [0.2, 0.25) is 11.8 Å². The number of H-pyrrole nitrogens is 1. The van der Waals surface area contributed by atoms with Gasteiger partial charge in [0.1, 0.15) is 17.3 Å². The molecule has 3 aromatic rings. The fourth-order valence-corrected chi connectivity index (χ4v) is 3.51. The maximum absolute atomic E-state index is 11.5. The quantitative estimate of drug-likeness (QED) is 0.435. The molecule has 8 nitrogen and oxygen atoms in total. The molecule has 1 aromatic heterocycles. The Balaban J connectivity index is 0.00000149. The number of carbonyl (C=O) groups is 1. The van der Waals surface area contributed by atoms with Crippen LogP contribution >= 0.6 is 0 Å². The monoisotopic (exact) mass is 449 g/mol. The number of rotatable bonds is 7. The van der Waals surface area contributed by atoms with Crippen molar-refractivity contribution >= 4 is 23.1 Å². The largest absolute Gasteiger partial charge is 0.495 e. The number of anilines is 3. The van der Waals surface area contributed by atoms with Crippen LogP contribution in [0.25, 0.3) is 0 Å². The zero-order valence-electron chi connectivity index (χ0n) is 19.6. The molecule has 8 heteroatoms. The fraction of sp³-hybridized carbons (Fsp3) is 0.280. The van der Waals surface area contributed by atoms with Crippen molar-refractivity contribution in [1.29, 1.82) is 0 Å². The van der Waals surface area contributed by atoms with Crippen LogP contribution in [0.15, 0.2) is 55.1 Å². The molecule has 4 rings (SSSR count). The lowest BCUT2D eigenvalue weighted by atomic mass is 9.98. The van der Waals surface area contributed by atoms with Gasteiger partial charge >= 0.3 is 0 Å². The zero-order chi connectivity index (χ0) is 23.8. The van der Waals surface area contributed by atoms with Crippen molar-refractivity contribution in [2.24, 2.45) is 0 Å². The Morgan fingerprint density at radius 2 is 2.03 bits per heavy atom. The molecule has 0 spiro atoms. The number of methoxy groups -OCH3 is 1. The summed E-state index contributed by atoms with van der Waals surface area (Å²) in [4.78, 5) is 13.8. The van der Waals surface area contributed by atoms with Crippen molar-refractivity contribution in [2.45, 2.75) is 26.8 Å². The highest BCUT2D eigenvalue weighted by molar-refractivity contribution is 5.98. The van der Waals surface area contributed by atoms with Crippen molar-refractivity contribution in [3.8, 4) is 17.4 Å². The molecule has 174 valence electrons. The second kappa shape index (κ2) is 11.2. The van der Waals surface area contributed by atoms with Gasteiger partial charge in [0.15, 0.2) is 0 Å². The van der Waals surface area contributed by atoms with E-state index in [2.05, 4.69) is 51.5 Å². The van der Waals surface area contributed by atoms with Gasteiger partial charge in [0.25, 0.3) is 0 Å². The van der Waals surface area contributed by atoms with Crippen LogP contribution in [0.3, 0.4) is 0 Å². The molecule has 2 heterocycles. The van der Waals surface area contributed by atoms with E-state index in [1.54, 1.807) is 37.4 Å². The van der Waals surface area contributed by atoms with E-state index in [1.165, 1.54) is 17.2 Å². The first-order valence-electron chi connectivity index (χ1n) is 11.0. The molecule has 0 bridgehead atoms. The summed E-state index contributed by atoms with van der Waals surface area (Å²) in [7, 11) is 3.79. The maximum atomic E-state index is 11.5. The number of hydrogen-bond donors (Lipinski definition) is 3. The van der Waals surface area contributed by atoms with Gasteiger partial charge in [0, 0.05) is 30.9 Å². The highest BCUT2D eigenvalue weighted by atomic mass is 16.5. The van der Waals surface area contributed by atoms with Gasteiger partial charge in [-0.05, 0) is 54.9 Å². The summed E-state index contributed by atoms with van der Waals surface area (Å²) >= 11 is 0. The third-order valence-corrected chi connectivity index (χ3v) is 5.06. The highest BCUT2D eigenvalue weighted by Crippen LogP contribution is 2.34. The average Bonchev–Trinajstić information content (AvgIpc) is 3.26. The standard InChI is InChI=1S/C23H25N5O3.C2H6/c1-4-22(29)24-17-6-5-7-18(12-17)31-23-13-21(26-27-23)25-19-10-15-8-9-28(2)14-16(15)11-20(19)30-3;1-2/h4-7,10-13H,1,8-9,14H2,2-3H3,(H,24,29)(H2,25,26,27);1-2H3. The number of nitrogens with zero attached hydrogens (tertiary/aromatic N) is 2. The number of nitrogens with one attached hydrogen (secondary N) is 3. The Morgan fingerprint density at radius 3 is 2.79 bits per heavy atom. The van der Waals surface area contributed by atoms with E-state index in [0.29, 0.717) is 23.1 Å². The number of amides is 1. The van der Waals surface area contributed by atoms with Crippen molar-refractivity contribution in [2.75, 3.05) is 31.3 Å². The SMILES string of the molecule is C=CC(=O)Nc1cccc(Oc2cc(Nc3cc4c(cc3OC)CN(C)CC4)[nH]n2)c1.CC. The predicted molar refractivity (Wildman–Crippen MR) is 132 cm³/mol. The molecule has 1 aliphatic heterocycles. The van der Waals surface area contributed by atoms with Crippen LogP contribution in [0.1, 0.15) is 25.0 Å². The minimum Gasteiger partial charge on any atom is -0.495 e. The number of aromatic amines is 1. The van der Waals surface area contributed by atoms with Gasteiger partial charge in [-0.15, -0.1) is 5.10 Å². The second-order valence-electron chi connectivity index (χ2n) is 7.38. The summed E-state index contributed by atoms with van der Waals surface area (Å²) in [5, 5.41) is 13.2. The van der Waals surface area contributed by atoms with Crippen molar-refractivity contribution in [3.63, 3.8) is 0 Å². The summed E-state index contributed by atoms with van der Waals surface area (Å²) in [5.41, 5.74) is 4.08. The summed E-state index contributed by atoms with van der Waals surface area (Å²) in [6, 6.07) is 13.0. The van der Waals surface area contributed by atoms with Gasteiger partial charge in [-0.2, -0.15) is 0 Å². The van der Waals surface area contributed by atoms with Crippen LogP contribution in [0.2, 0.25) is 0 Å². The lowest BCUT2D eigenvalue weighted by Gasteiger charge is -2.26. The molecule has 0 atom stereocenters. The highest BCUT2D eigenvalue weighted by Gasteiger charge is 2.17. The summed E-state index contributed by atoms with van der Waals surface area (Å²) in [6.07, 6.45) is 2.22. The van der Waals surface area contributed by atoms with E-state index in [1.807, 2.05) is 13.8 Å². The third-order valence-electron chi connectivity index (χ3n) is 5.06. The minimum absolute atomic E-state index is 0.283. The molecule has 0 aliphatic carbocycles. The number of carbonyl (C=O) groups excluding carboxylic acids is 1. The normalized spacial score (nSPS) is 12.6. The smallest absolute Gasteiger partial charge is 0.247 e. The molecule has 1 amide bonds. The van der Waals surface area contributed by atoms with Crippen LogP contribution in [0, 0.1) is 0 Å². The molecule has 0 unspecified atom stereocenters. The van der Waals surface area contributed by atoms with E-state index in [-0.39, 0.29) is 5.91 Å². The number of fused-ring (bicyclic) bond motifs is 1. The number of likely N-dealkylation sites (N-methyl/N-ethyl adjacent to an activating group) is 1. The number of ether oxygens (including phenoxy) is 2. The lowest BCUT2D eigenvalue weighted by molar-refractivity contribution is -0.111. The lowest BCUT2D eigenvalue weighted by Crippen LogP contribution is -2.26. The van der Waals surface area contributed by atoms with Crippen molar-refractivity contribution < 1.29 is 14.3 Å². The molecule has 3 N–H and O–H groups in total. The van der Waals surface area contributed by atoms with Gasteiger partial charge in [-0.3, -0.25) is 9.89 Å². The van der Waals surface area contributed by atoms with Crippen LogP contribution < -0.4 is 20.1 Å². The van der Waals surface area contributed by atoms with Gasteiger partial charge in [-0.25, -0.2) is 0 Å². The average molecular weight is 450 g/mol. The summed E-state index contributed by atoms with van der Waals surface area (Å²) in [6.45, 7) is 9.40. The third kappa shape index (κ3) is 6.14. The fourth-order valence-electron chi connectivity index (χ4n) is 3.51. The first kappa shape index (κ1) is 23.9. The molecule has 0 saturated heterocycles. The number of aromatic nitrogens is 2. The first-order valence-corrected chi connectivity index (χ1v) is 11.0. The van der Waals surface area contributed by atoms with Crippen LogP contribution in [0.4, 0.5) is 17.2 Å². The van der Waals surface area contributed by atoms with Crippen molar-refractivity contribution in [3.05, 3.63) is 66.2 Å². The molecular weight excluding hydrogens is 418 g/mol. The Morgan fingerprint density at radius 1 is 1.21 bits per heavy atom. The Kier molecular flexibility index (Phi) is 8.10. The molecule has 2 aromatic carbocycles. The zero-order valence-corrected chi connectivity index (χ0v) is 19.6. The first-order chi connectivity index (χ1) is 16.0. The summed E-state index contributed by atoms with van der Waals surface area (Å²) < 4.78 is 11.4. The van der Waals surface area contributed by atoms with Gasteiger partial charge < -0.3 is 25.0 Å². The van der Waals surface area contributed by atoms with E-state index in [9.17, 15) is 4.79 Å². The van der Waals surface area contributed by atoms with Crippen LogP contribution in [-0.2, 0) is 17.8 Å². The Bertz CT molecular complexity index is 1110. The molecule has 33 heavy (non-hydrogen) atoms. The number of benzene rings is 2. The topological polar surface area (TPSA) is 91.5 Å². The second-order valence-corrected chi connectivity index (χ2v) is 7.38. The van der Waals surface area contributed by atoms with E-state index in [4.69, 9.17) is 9.47 Å². The van der Waals surface area contributed by atoms with Gasteiger partial charge in [0.05, 0.1) is 12.8 Å². The molecule has 0 saturated carbocycles. The predicted octanol–water partition coefficient (Wildman–Crippen LogP) is 5.09. The molecular formula is C25H31N5O3. The van der Waals surface area contributed by atoms with E-state index < -0.39 is 0 Å². The Hall–Kier alpha value is -3.78. The molecule has 1 aliphatic rings. The molecule has 0 fully saturated rings. The molecule has 0 radical (unpaired) electrons. The Labute approximate surface area is 194 Å². The van der Waals surface area contributed by atoms with Crippen LogP contribution in [0.5, 0.6) is 17.4 Å². The van der Waals surface area contributed by atoms with Crippen molar-refractivity contribution in [1.82, 2.24) is 15.1 Å².